The topological polar surface area (TPSA) is 102 Å². The van der Waals surface area contributed by atoms with Gasteiger partial charge in [-0.1, -0.05) is 0 Å². The first kappa shape index (κ1) is 10.2. The predicted octanol–water partition coefficient (Wildman–Crippen LogP) is -0.271. The number of aliphatic hydroxyl groups is 1. The molecule has 1 saturated heterocycles. The largest absolute Gasteiger partial charge is 0.396 e. The van der Waals surface area contributed by atoms with Crippen molar-refractivity contribution in [3.8, 4) is 0 Å². The molecule has 3 heterocycles. The SMILES string of the molecule is Nc1ncnc2c1ncn2[C@H]1C[C@@H](CO)[C@@H]2O[C@@H]21. The molecule has 2 aromatic rings. The highest BCUT2D eigenvalue weighted by Crippen LogP contribution is 2.49. The van der Waals surface area contributed by atoms with E-state index in [2.05, 4.69) is 15.0 Å². The minimum absolute atomic E-state index is 0.168. The van der Waals surface area contributed by atoms with Crippen LogP contribution in [0.15, 0.2) is 12.7 Å². The second kappa shape index (κ2) is 3.39. The van der Waals surface area contributed by atoms with Gasteiger partial charge in [0.25, 0.3) is 0 Å². The molecule has 1 aliphatic carbocycles. The van der Waals surface area contributed by atoms with Gasteiger partial charge in [-0.2, -0.15) is 0 Å². The smallest absolute Gasteiger partial charge is 0.165 e. The molecule has 7 nitrogen and oxygen atoms in total. The van der Waals surface area contributed by atoms with E-state index in [1.165, 1.54) is 6.33 Å². The first-order valence-electron chi connectivity index (χ1n) is 5.99. The Kier molecular flexibility index (Phi) is 1.93. The van der Waals surface area contributed by atoms with E-state index in [4.69, 9.17) is 10.5 Å². The third-order valence-electron chi connectivity index (χ3n) is 3.93. The third-order valence-corrected chi connectivity index (χ3v) is 3.93. The van der Waals surface area contributed by atoms with Gasteiger partial charge in [-0.3, -0.25) is 0 Å². The number of rotatable bonds is 2. The summed E-state index contributed by atoms with van der Waals surface area (Å²) < 4.78 is 7.58. The van der Waals surface area contributed by atoms with Gasteiger partial charge in [0.1, 0.15) is 17.9 Å². The standard InChI is InChI=1S/C11H13N5O2/c12-10-7-11(14-3-13-10)16(4-15-7)6-1-5(2-17)8-9(6)18-8/h3-6,8-9,17H,1-2H2,(H2,12,13,14)/t5-,6-,8-,9+/m0/s1. The quantitative estimate of drug-likeness (QED) is 0.708. The number of aliphatic hydroxyl groups excluding tert-OH is 1. The first-order chi connectivity index (χ1) is 8.79. The summed E-state index contributed by atoms with van der Waals surface area (Å²) in [6.07, 6.45) is 4.44. The average Bonchev–Trinajstić information content (AvgIpc) is 2.91. The summed E-state index contributed by atoms with van der Waals surface area (Å²) in [6, 6.07) is 0.187. The van der Waals surface area contributed by atoms with Crippen molar-refractivity contribution in [2.24, 2.45) is 5.92 Å². The zero-order chi connectivity index (χ0) is 12.3. The minimum atomic E-state index is 0.168. The van der Waals surface area contributed by atoms with Gasteiger partial charge in [-0.05, 0) is 6.42 Å². The molecular formula is C11H13N5O2. The molecule has 3 N–H and O–H groups in total. The summed E-state index contributed by atoms with van der Waals surface area (Å²) in [4.78, 5) is 12.4. The van der Waals surface area contributed by atoms with Crippen molar-refractivity contribution >= 4 is 17.0 Å². The van der Waals surface area contributed by atoms with Crippen LogP contribution in [0.1, 0.15) is 12.5 Å². The minimum Gasteiger partial charge on any atom is -0.396 e. The number of nitrogens with zero attached hydrogens (tertiary/aromatic N) is 4. The molecule has 1 aliphatic heterocycles. The van der Waals surface area contributed by atoms with Crippen LogP contribution in [0.2, 0.25) is 0 Å². The molecule has 0 radical (unpaired) electrons. The molecule has 0 amide bonds. The molecule has 18 heavy (non-hydrogen) atoms. The molecular weight excluding hydrogens is 234 g/mol. The van der Waals surface area contributed by atoms with Gasteiger partial charge >= 0.3 is 0 Å². The molecule has 0 aromatic carbocycles. The van der Waals surface area contributed by atoms with Gasteiger partial charge in [-0.25, -0.2) is 15.0 Å². The van der Waals surface area contributed by atoms with Crippen molar-refractivity contribution in [2.75, 3.05) is 12.3 Å². The van der Waals surface area contributed by atoms with Gasteiger partial charge in [0, 0.05) is 12.5 Å². The van der Waals surface area contributed by atoms with Crippen molar-refractivity contribution in [1.29, 1.82) is 0 Å². The first-order valence-corrected chi connectivity index (χ1v) is 5.99. The lowest BCUT2D eigenvalue weighted by Crippen LogP contribution is -2.14. The lowest BCUT2D eigenvalue weighted by Gasteiger charge is -2.15. The average molecular weight is 247 g/mol. The molecule has 2 aromatic heterocycles. The van der Waals surface area contributed by atoms with Crippen molar-refractivity contribution < 1.29 is 9.84 Å². The molecule has 0 unspecified atom stereocenters. The van der Waals surface area contributed by atoms with E-state index in [0.717, 1.165) is 12.1 Å². The number of imidazole rings is 1. The van der Waals surface area contributed by atoms with E-state index in [1.807, 2.05) is 4.57 Å². The van der Waals surface area contributed by atoms with Crippen LogP contribution in [0.25, 0.3) is 11.2 Å². The Morgan fingerprint density at radius 1 is 1.39 bits per heavy atom. The molecule has 0 spiro atoms. The van der Waals surface area contributed by atoms with Crippen LogP contribution in [-0.4, -0.2) is 43.4 Å². The Bertz CT molecular complexity index is 612. The van der Waals surface area contributed by atoms with E-state index in [9.17, 15) is 5.11 Å². The Balaban J connectivity index is 1.78. The number of hydrogen-bond acceptors (Lipinski definition) is 6. The number of anilines is 1. The molecule has 94 valence electrons. The van der Waals surface area contributed by atoms with Gasteiger partial charge < -0.3 is 20.1 Å². The van der Waals surface area contributed by atoms with Crippen molar-refractivity contribution in [3.05, 3.63) is 12.7 Å². The number of aromatic nitrogens is 4. The second-order valence-electron chi connectivity index (χ2n) is 4.89. The van der Waals surface area contributed by atoms with E-state index < -0.39 is 0 Å². The summed E-state index contributed by atoms with van der Waals surface area (Å²) in [7, 11) is 0. The maximum Gasteiger partial charge on any atom is 0.165 e. The van der Waals surface area contributed by atoms with Gasteiger partial charge in [-0.15, -0.1) is 0 Å². The van der Waals surface area contributed by atoms with Crippen LogP contribution in [0.3, 0.4) is 0 Å². The van der Waals surface area contributed by atoms with Crippen LogP contribution in [0, 0.1) is 5.92 Å². The Hall–Kier alpha value is -1.73. The number of nitrogens with two attached hydrogens (primary N) is 1. The van der Waals surface area contributed by atoms with Crippen LogP contribution in [0.5, 0.6) is 0 Å². The molecule has 2 aliphatic rings. The molecule has 7 heteroatoms. The van der Waals surface area contributed by atoms with E-state index in [1.54, 1.807) is 6.33 Å². The fourth-order valence-electron chi connectivity index (χ4n) is 2.97. The highest BCUT2D eigenvalue weighted by molar-refractivity contribution is 5.81. The summed E-state index contributed by atoms with van der Waals surface area (Å²) in [5.74, 6) is 0.611. The van der Waals surface area contributed by atoms with E-state index in [0.29, 0.717) is 11.3 Å². The maximum absolute atomic E-state index is 9.29. The fourth-order valence-corrected chi connectivity index (χ4v) is 2.97. The van der Waals surface area contributed by atoms with Gasteiger partial charge in [0.15, 0.2) is 11.5 Å². The summed E-state index contributed by atoms with van der Waals surface area (Å²) >= 11 is 0. The lowest BCUT2D eigenvalue weighted by atomic mass is 10.1. The van der Waals surface area contributed by atoms with Crippen LogP contribution in [-0.2, 0) is 4.74 Å². The second-order valence-corrected chi connectivity index (χ2v) is 4.89. The van der Waals surface area contributed by atoms with Crippen LogP contribution < -0.4 is 5.73 Å². The number of epoxide rings is 1. The summed E-state index contributed by atoms with van der Waals surface area (Å²) in [5.41, 5.74) is 7.13. The predicted molar refractivity (Wildman–Crippen MR) is 62.6 cm³/mol. The van der Waals surface area contributed by atoms with Gasteiger partial charge in [0.2, 0.25) is 0 Å². The summed E-state index contributed by atoms with van der Waals surface area (Å²) in [5, 5.41) is 9.29. The summed E-state index contributed by atoms with van der Waals surface area (Å²) in [6.45, 7) is 0.168. The van der Waals surface area contributed by atoms with E-state index >= 15 is 0 Å². The number of ether oxygens (including phenoxy) is 1. The normalized spacial score (nSPS) is 33.8. The number of hydrogen-bond donors (Lipinski definition) is 2. The lowest BCUT2D eigenvalue weighted by molar-refractivity contribution is 0.154. The molecule has 1 saturated carbocycles. The van der Waals surface area contributed by atoms with Crippen molar-refractivity contribution in [2.45, 2.75) is 24.7 Å². The number of fused-ring (bicyclic) bond motifs is 2. The van der Waals surface area contributed by atoms with Gasteiger partial charge in [0.05, 0.1) is 18.5 Å². The molecule has 4 atom stereocenters. The zero-order valence-electron chi connectivity index (χ0n) is 9.60. The Morgan fingerprint density at radius 3 is 3.06 bits per heavy atom. The molecule has 0 bridgehead atoms. The Labute approximate surface area is 103 Å². The third kappa shape index (κ3) is 1.23. The fraction of sp³-hybridized carbons (Fsp3) is 0.545. The molecule has 2 fully saturated rings. The van der Waals surface area contributed by atoms with Crippen molar-refractivity contribution in [1.82, 2.24) is 19.5 Å². The van der Waals surface area contributed by atoms with Crippen LogP contribution >= 0.6 is 0 Å². The van der Waals surface area contributed by atoms with Crippen molar-refractivity contribution in [3.63, 3.8) is 0 Å². The monoisotopic (exact) mass is 247 g/mol. The maximum atomic E-state index is 9.29. The highest BCUT2D eigenvalue weighted by Gasteiger charge is 2.57. The number of nitrogen functional groups attached to an aromatic ring is 1. The van der Waals surface area contributed by atoms with E-state index in [-0.39, 0.29) is 30.8 Å². The molecule has 4 rings (SSSR count). The highest BCUT2D eigenvalue weighted by atomic mass is 16.6. The zero-order valence-corrected chi connectivity index (χ0v) is 9.60. The Morgan fingerprint density at radius 2 is 2.28 bits per heavy atom. The van der Waals surface area contributed by atoms with Crippen LogP contribution in [0.4, 0.5) is 5.82 Å².